The van der Waals surface area contributed by atoms with Gasteiger partial charge in [-0.1, -0.05) is 27.7 Å². The van der Waals surface area contributed by atoms with Crippen molar-refractivity contribution >= 4 is 8.32 Å². The van der Waals surface area contributed by atoms with Gasteiger partial charge in [-0.3, -0.25) is 0 Å². The van der Waals surface area contributed by atoms with Gasteiger partial charge in [0.25, 0.3) is 0 Å². The van der Waals surface area contributed by atoms with Crippen LogP contribution in [-0.2, 0) is 9.16 Å². The third kappa shape index (κ3) is 3.11. The van der Waals surface area contributed by atoms with Crippen molar-refractivity contribution in [3.63, 3.8) is 0 Å². The Balaban J connectivity index is 2.48. The van der Waals surface area contributed by atoms with Gasteiger partial charge in [-0.05, 0) is 30.6 Å². The summed E-state index contributed by atoms with van der Waals surface area (Å²) in [6.45, 7) is 14.4. The second kappa shape index (κ2) is 4.92. The maximum atomic E-state index is 6.22. The molecule has 0 fully saturated rings. The minimum absolute atomic E-state index is 0.290. The number of hydrogen-bond donors (Lipinski definition) is 0. The molecule has 1 heterocycles. The van der Waals surface area contributed by atoms with Crippen molar-refractivity contribution in [3.05, 3.63) is 12.3 Å². The van der Waals surface area contributed by atoms with Crippen molar-refractivity contribution < 1.29 is 9.16 Å². The maximum Gasteiger partial charge on any atom is 0.192 e. The van der Waals surface area contributed by atoms with Gasteiger partial charge in [0.15, 0.2) is 8.32 Å². The van der Waals surface area contributed by atoms with Crippen LogP contribution in [0.4, 0.5) is 0 Å². The minimum Gasteiger partial charge on any atom is -0.498 e. The average Bonchev–Trinajstić information content (AvgIpc) is 2.60. The zero-order valence-electron chi connectivity index (χ0n) is 11.5. The Bertz CT molecular complexity index is 253. The first-order chi connectivity index (χ1) is 7.28. The van der Waals surface area contributed by atoms with E-state index in [-0.39, 0.29) is 5.04 Å². The van der Waals surface area contributed by atoms with E-state index in [4.69, 9.17) is 9.16 Å². The van der Waals surface area contributed by atoms with Crippen LogP contribution in [0.5, 0.6) is 0 Å². The van der Waals surface area contributed by atoms with Crippen molar-refractivity contribution in [3.8, 4) is 0 Å². The van der Waals surface area contributed by atoms with E-state index >= 15 is 0 Å². The lowest BCUT2D eigenvalue weighted by Gasteiger charge is -2.37. The van der Waals surface area contributed by atoms with E-state index in [9.17, 15) is 0 Å². The molecule has 1 aliphatic heterocycles. The topological polar surface area (TPSA) is 18.5 Å². The van der Waals surface area contributed by atoms with Crippen LogP contribution in [0.25, 0.3) is 0 Å². The molecular formula is C13H26O2Si. The van der Waals surface area contributed by atoms with Crippen LogP contribution in [-0.4, -0.2) is 21.0 Å². The molecule has 0 aliphatic carbocycles. The molecular weight excluding hydrogens is 216 g/mol. The highest BCUT2D eigenvalue weighted by atomic mass is 28.4. The fraction of sp³-hybridized carbons (Fsp3) is 0.846. The highest BCUT2D eigenvalue weighted by molar-refractivity contribution is 6.74. The van der Waals surface area contributed by atoms with Crippen LogP contribution in [0.3, 0.4) is 0 Å². The van der Waals surface area contributed by atoms with Crippen LogP contribution < -0.4 is 0 Å². The molecule has 0 amide bonds. The van der Waals surface area contributed by atoms with Crippen LogP contribution in [0.15, 0.2) is 12.3 Å². The van der Waals surface area contributed by atoms with Crippen LogP contribution in [0.1, 0.15) is 34.1 Å². The third-order valence-electron chi connectivity index (χ3n) is 3.90. The Morgan fingerprint density at radius 1 is 1.31 bits per heavy atom. The molecule has 0 saturated heterocycles. The van der Waals surface area contributed by atoms with E-state index in [1.54, 1.807) is 0 Å². The molecule has 1 aliphatic rings. The predicted molar refractivity (Wildman–Crippen MR) is 70.9 cm³/mol. The summed E-state index contributed by atoms with van der Waals surface area (Å²) in [5.74, 6) is 0.444. The van der Waals surface area contributed by atoms with E-state index in [2.05, 4.69) is 46.9 Å². The Hall–Kier alpha value is -0.283. The highest BCUT2D eigenvalue weighted by Crippen LogP contribution is 2.37. The molecule has 0 bridgehead atoms. The van der Waals surface area contributed by atoms with Crippen molar-refractivity contribution in [2.45, 2.75) is 58.4 Å². The summed E-state index contributed by atoms with van der Waals surface area (Å²) in [5, 5.41) is 0.290. The lowest BCUT2D eigenvalue weighted by atomic mass is 10.0. The van der Waals surface area contributed by atoms with Gasteiger partial charge < -0.3 is 9.16 Å². The molecule has 0 N–H and O–H groups in total. The Labute approximate surface area is 101 Å². The van der Waals surface area contributed by atoms with Crippen LogP contribution >= 0.6 is 0 Å². The van der Waals surface area contributed by atoms with E-state index in [0.29, 0.717) is 12.0 Å². The number of ether oxygens (including phenoxy) is 1. The monoisotopic (exact) mass is 242 g/mol. The molecule has 2 nitrogen and oxygen atoms in total. The standard InChI is InChI=1S/C13H26O2Si/c1-7-12-11(8-9-14-12)10-15-16(5,6)13(2,3)4/h8-9,11-12H,7,10H2,1-6H3/t11-,12-/m1/s1. The lowest BCUT2D eigenvalue weighted by molar-refractivity contribution is 0.101. The first-order valence-corrected chi connectivity index (χ1v) is 9.15. The van der Waals surface area contributed by atoms with E-state index in [1.807, 2.05) is 6.26 Å². The van der Waals surface area contributed by atoms with E-state index in [1.165, 1.54) is 0 Å². The number of rotatable bonds is 4. The summed E-state index contributed by atoms with van der Waals surface area (Å²) in [4.78, 5) is 0. The summed E-state index contributed by atoms with van der Waals surface area (Å²) in [5.41, 5.74) is 0. The van der Waals surface area contributed by atoms with Crippen molar-refractivity contribution in [2.24, 2.45) is 5.92 Å². The predicted octanol–water partition coefficient (Wildman–Crippen LogP) is 3.95. The zero-order chi connectivity index (χ0) is 12.4. The van der Waals surface area contributed by atoms with Gasteiger partial charge in [0, 0.05) is 12.5 Å². The summed E-state index contributed by atoms with van der Waals surface area (Å²) < 4.78 is 11.7. The van der Waals surface area contributed by atoms with Crippen molar-refractivity contribution in [1.29, 1.82) is 0 Å². The van der Waals surface area contributed by atoms with Crippen LogP contribution in [0, 0.1) is 5.92 Å². The van der Waals surface area contributed by atoms with Gasteiger partial charge in [0.05, 0.1) is 6.26 Å². The summed E-state index contributed by atoms with van der Waals surface area (Å²) in [6, 6.07) is 0. The van der Waals surface area contributed by atoms with Crippen molar-refractivity contribution in [2.75, 3.05) is 6.61 Å². The molecule has 1 rings (SSSR count). The minimum atomic E-state index is -1.60. The Morgan fingerprint density at radius 3 is 2.44 bits per heavy atom. The van der Waals surface area contributed by atoms with Gasteiger partial charge in [-0.25, -0.2) is 0 Å². The summed E-state index contributed by atoms with van der Waals surface area (Å²) in [6.07, 6.45) is 5.35. The third-order valence-corrected chi connectivity index (χ3v) is 8.40. The van der Waals surface area contributed by atoms with Crippen molar-refractivity contribution in [1.82, 2.24) is 0 Å². The van der Waals surface area contributed by atoms with Gasteiger partial charge in [0.2, 0.25) is 0 Å². The molecule has 0 aromatic rings. The lowest BCUT2D eigenvalue weighted by Crippen LogP contribution is -2.42. The fourth-order valence-electron chi connectivity index (χ4n) is 1.55. The fourth-order valence-corrected chi connectivity index (χ4v) is 2.60. The molecule has 0 unspecified atom stereocenters. The molecule has 2 atom stereocenters. The molecule has 0 aromatic carbocycles. The molecule has 16 heavy (non-hydrogen) atoms. The van der Waals surface area contributed by atoms with E-state index < -0.39 is 8.32 Å². The normalized spacial score (nSPS) is 25.9. The Kier molecular flexibility index (Phi) is 4.24. The zero-order valence-corrected chi connectivity index (χ0v) is 12.5. The largest absolute Gasteiger partial charge is 0.498 e. The average molecular weight is 242 g/mol. The molecule has 0 spiro atoms. The maximum absolute atomic E-state index is 6.22. The van der Waals surface area contributed by atoms with Crippen LogP contribution in [0.2, 0.25) is 18.1 Å². The quantitative estimate of drug-likeness (QED) is 0.695. The molecule has 94 valence electrons. The summed E-state index contributed by atoms with van der Waals surface area (Å²) in [7, 11) is -1.60. The van der Waals surface area contributed by atoms with Gasteiger partial charge in [-0.2, -0.15) is 0 Å². The molecule has 0 aromatic heterocycles. The Morgan fingerprint density at radius 2 is 1.94 bits per heavy atom. The highest BCUT2D eigenvalue weighted by Gasteiger charge is 2.38. The summed E-state index contributed by atoms with van der Waals surface area (Å²) >= 11 is 0. The second-order valence-corrected chi connectivity index (χ2v) is 11.0. The molecule has 0 radical (unpaired) electrons. The molecule has 0 saturated carbocycles. The SMILES string of the molecule is CC[C@H]1OC=C[C@@H]1CO[Si](C)(C)C(C)(C)C. The van der Waals surface area contributed by atoms with Gasteiger partial charge >= 0.3 is 0 Å². The molecule has 3 heteroatoms. The van der Waals surface area contributed by atoms with Gasteiger partial charge in [-0.15, -0.1) is 0 Å². The first-order valence-electron chi connectivity index (χ1n) is 6.24. The first kappa shape index (κ1) is 13.8. The second-order valence-electron chi connectivity index (χ2n) is 6.15. The smallest absolute Gasteiger partial charge is 0.192 e. The number of hydrogen-bond acceptors (Lipinski definition) is 2. The van der Waals surface area contributed by atoms with Gasteiger partial charge in [0.1, 0.15) is 6.10 Å². The van der Waals surface area contributed by atoms with E-state index in [0.717, 1.165) is 13.0 Å².